The fourth-order valence-corrected chi connectivity index (χ4v) is 3.44. The number of fused-ring (bicyclic) bond motifs is 1. The molecule has 0 radical (unpaired) electrons. The van der Waals surface area contributed by atoms with Crippen molar-refractivity contribution in [2.24, 2.45) is 0 Å². The summed E-state index contributed by atoms with van der Waals surface area (Å²) >= 11 is 1.28. The number of benzene rings is 1. The third-order valence-electron chi connectivity index (χ3n) is 4.55. The lowest BCUT2D eigenvalue weighted by Gasteiger charge is -2.15. The molecule has 0 saturated carbocycles. The molecule has 0 aliphatic carbocycles. The molecule has 7 heteroatoms. The molecule has 3 aromatic rings. The molecule has 2 heterocycles. The van der Waals surface area contributed by atoms with Crippen molar-refractivity contribution in [2.75, 3.05) is 19.3 Å². The summed E-state index contributed by atoms with van der Waals surface area (Å²) < 4.78 is 5.74. The molecular weight excluding hydrogens is 348 g/mol. The number of amides is 1. The molecule has 0 spiro atoms. The van der Waals surface area contributed by atoms with Crippen LogP contribution in [-0.4, -0.2) is 45.3 Å². The molecule has 0 atom stereocenters. The number of aryl methyl sites for hydroxylation is 2. The van der Waals surface area contributed by atoms with Crippen LogP contribution in [-0.2, 0) is 4.79 Å². The van der Waals surface area contributed by atoms with Crippen LogP contribution >= 0.6 is 11.8 Å². The van der Waals surface area contributed by atoms with Gasteiger partial charge in [-0.1, -0.05) is 25.1 Å². The van der Waals surface area contributed by atoms with Gasteiger partial charge in [0.1, 0.15) is 0 Å². The van der Waals surface area contributed by atoms with Crippen LogP contribution in [0.4, 0.5) is 0 Å². The van der Waals surface area contributed by atoms with Crippen molar-refractivity contribution in [1.29, 1.82) is 0 Å². The summed E-state index contributed by atoms with van der Waals surface area (Å²) in [6.45, 7) is 7.04. The Kier molecular flexibility index (Phi) is 5.66. The minimum Gasteiger partial charge on any atom is -0.411 e. The van der Waals surface area contributed by atoms with E-state index in [9.17, 15) is 4.79 Å². The topological polar surface area (TPSA) is 75.0 Å². The Hall–Kier alpha value is -2.28. The molecule has 3 rings (SSSR count). The van der Waals surface area contributed by atoms with Gasteiger partial charge in [0.2, 0.25) is 11.8 Å². The molecule has 1 aromatic carbocycles. The predicted molar refractivity (Wildman–Crippen MR) is 104 cm³/mol. The van der Waals surface area contributed by atoms with Crippen LogP contribution in [0.1, 0.15) is 31.0 Å². The fourth-order valence-electron chi connectivity index (χ4n) is 2.73. The first-order valence-electron chi connectivity index (χ1n) is 8.79. The van der Waals surface area contributed by atoms with Gasteiger partial charge in [-0.15, -0.1) is 10.2 Å². The van der Waals surface area contributed by atoms with E-state index >= 15 is 0 Å². The van der Waals surface area contributed by atoms with Gasteiger partial charge in [0.05, 0.1) is 5.75 Å². The largest absolute Gasteiger partial charge is 0.411 e. The molecule has 6 nitrogen and oxygen atoms in total. The normalized spacial score (nSPS) is 11.2. The summed E-state index contributed by atoms with van der Waals surface area (Å²) in [7, 11) is 1.83. The van der Waals surface area contributed by atoms with Crippen molar-refractivity contribution < 1.29 is 9.21 Å². The van der Waals surface area contributed by atoms with Gasteiger partial charge in [0.15, 0.2) is 0 Å². The summed E-state index contributed by atoms with van der Waals surface area (Å²) in [5.41, 5.74) is 4.35. The Morgan fingerprint density at radius 2 is 2.12 bits per heavy atom. The molecule has 0 bridgehead atoms. The zero-order valence-corrected chi connectivity index (χ0v) is 16.4. The van der Waals surface area contributed by atoms with Crippen LogP contribution in [0.3, 0.4) is 0 Å². The molecule has 26 heavy (non-hydrogen) atoms. The summed E-state index contributed by atoms with van der Waals surface area (Å²) in [6.07, 6.45) is 2.08. The molecule has 138 valence electrons. The highest BCUT2D eigenvalue weighted by Gasteiger charge is 2.14. The minimum atomic E-state index is 0.0723. The van der Waals surface area contributed by atoms with E-state index in [2.05, 4.69) is 42.0 Å². The Bertz CT molecular complexity index is 916. The van der Waals surface area contributed by atoms with E-state index in [1.165, 1.54) is 17.3 Å². The van der Waals surface area contributed by atoms with Crippen molar-refractivity contribution in [3.8, 4) is 11.5 Å². The van der Waals surface area contributed by atoms with Gasteiger partial charge in [-0.3, -0.25) is 4.79 Å². The van der Waals surface area contributed by atoms with Crippen LogP contribution < -0.4 is 0 Å². The molecule has 0 aliphatic heterocycles. The van der Waals surface area contributed by atoms with E-state index in [0.29, 0.717) is 16.9 Å². The number of aromatic nitrogens is 3. The molecule has 2 aromatic heterocycles. The number of aromatic amines is 1. The second-order valence-electron chi connectivity index (χ2n) is 6.47. The molecule has 1 amide bonds. The van der Waals surface area contributed by atoms with Crippen molar-refractivity contribution in [1.82, 2.24) is 20.1 Å². The number of hydrogen-bond acceptors (Lipinski definition) is 5. The maximum Gasteiger partial charge on any atom is 0.277 e. The van der Waals surface area contributed by atoms with Crippen molar-refractivity contribution in [3.63, 3.8) is 0 Å². The lowest BCUT2D eigenvalue weighted by Crippen LogP contribution is -2.29. The number of nitrogens with zero attached hydrogens (tertiary/aromatic N) is 3. The van der Waals surface area contributed by atoms with Crippen molar-refractivity contribution >= 4 is 28.6 Å². The zero-order valence-electron chi connectivity index (χ0n) is 15.6. The Morgan fingerprint density at radius 1 is 1.31 bits per heavy atom. The number of hydrogen-bond donors (Lipinski definition) is 1. The van der Waals surface area contributed by atoms with E-state index in [1.54, 1.807) is 4.90 Å². The van der Waals surface area contributed by atoms with Crippen LogP contribution in [0.25, 0.3) is 22.4 Å². The van der Waals surface area contributed by atoms with E-state index in [-0.39, 0.29) is 5.91 Å². The highest BCUT2D eigenvalue weighted by molar-refractivity contribution is 7.99. The van der Waals surface area contributed by atoms with E-state index in [1.807, 2.05) is 19.2 Å². The number of unbranched alkanes of at least 4 members (excludes halogenated alkanes) is 1. The number of carbonyl (C=O) groups excluding carboxylic acids is 1. The second-order valence-corrected chi connectivity index (χ2v) is 7.39. The molecular formula is C19H24N4O2S. The van der Waals surface area contributed by atoms with Gasteiger partial charge in [0, 0.05) is 35.8 Å². The maximum absolute atomic E-state index is 12.1. The van der Waals surface area contributed by atoms with Gasteiger partial charge in [-0.2, -0.15) is 0 Å². The van der Waals surface area contributed by atoms with Crippen LogP contribution in [0, 0.1) is 13.8 Å². The number of thioether (sulfide) groups is 1. The first-order valence-corrected chi connectivity index (χ1v) is 9.77. The highest BCUT2D eigenvalue weighted by atomic mass is 32.2. The lowest BCUT2D eigenvalue weighted by molar-refractivity contribution is -0.127. The predicted octanol–water partition coefficient (Wildman–Crippen LogP) is 4.19. The van der Waals surface area contributed by atoms with Gasteiger partial charge in [-0.05, 0) is 44.0 Å². The summed E-state index contributed by atoms with van der Waals surface area (Å²) in [6, 6.07) is 6.04. The van der Waals surface area contributed by atoms with Crippen molar-refractivity contribution in [3.05, 3.63) is 29.5 Å². The third-order valence-corrected chi connectivity index (χ3v) is 5.36. The average Bonchev–Trinajstić information content (AvgIpc) is 3.22. The van der Waals surface area contributed by atoms with Crippen LogP contribution in [0.15, 0.2) is 27.8 Å². The molecule has 1 N–H and O–H groups in total. The summed E-state index contributed by atoms with van der Waals surface area (Å²) in [4.78, 5) is 17.2. The summed E-state index contributed by atoms with van der Waals surface area (Å²) in [5.74, 6) is 0.847. The zero-order chi connectivity index (χ0) is 18.7. The Labute approximate surface area is 157 Å². The molecule has 0 saturated heterocycles. The first kappa shape index (κ1) is 18.5. The van der Waals surface area contributed by atoms with Gasteiger partial charge in [0.25, 0.3) is 5.22 Å². The highest BCUT2D eigenvalue weighted by Crippen LogP contribution is 2.28. The second kappa shape index (κ2) is 7.95. The van der Waals surface area contributed by atoms with Crippen molar-refractivity contribution in [2.45, 2.75) is 38.8 Å². The fraction of sp³-hybridized carbons (Fsp3) is 0.421. The number of nitrogens with one attached hydrogen (secondary N) is 1. The summed E-state index contributed by atoms with van der Waals surface area (Å²) in [5, 5.41) is 9.76. The lowest BCUT2D eigenvalue weighted by atomic mass is 10.1. The molecule has 0 fully saturated rings. The quantitative estimate of drug-likeness (QED) is 0.630. The Balaban J connectivity index is 1.68. The molecule has 0 unspecified atom stereocenters. The first-order chi connectivity index (χ1) is 12.5. The van der Waals surface area contributed by atoms with Gasteiger partial charge >= 0.3 is 0 Å². The third kappa shape index (κ3) is 3.93. The van der Waals surface area contributed by atoms with Crippen LogP contribution in [0.5, 0.6) is 0 Å². The maximum atomic E-state index is 12.1. The van der Waals surface area contributed by atoms with Crippen LogP contribution in [0.2, 0.25) is 0 Å². The van der Waals surface area contributed by atoms with Gasteiger partial charge in [-0.25, -0.2) is 0 Å². The monoisotopic (exact) mass is 372 g/mol. The Morgan fingerprint density at radius 3 is 2.88 bits per heavy atom. The minimum absolute atomic E-state index is 0.0723. The SMILES string of the molecule is CCCCN(C)C(=O)CSc1nnc(-c2ccc3[nH]c(C)c(C)c3c2)o1. The molecule has 0 aliphatic rings. The number of carbonyl (C=O) groups is 1. The van der Waals surface area contributed by atoms with E-state index < -0.39 is 0 Å². The van der Waals surface area contributed by atoms with E-state index in [4.69, 9.17) is 4.42 Å². The number of H-pyrrole nitrogens is 1. The van der Waals surface area contributed by atoms with Gasteiger partial charge < -0.3 is 14.3 Å². The smallest absolute Gasteiger partial charge is 0.277 e. The number of rotatable bonds is 7. The standard InChI is InChI=1S/C19H24N4O2S/c1-5-6-9-23(4)17(24)11-26-19-22-21-18(25-19)14-7-8-16-15(10-14)12(2)13(3)20-16/h7-8,10,20H,5-6,9,11H2,1-4H3. The average molecular weight is 372 g/mol. The van der Waals surface area contributed by atoms with E-state index in [0.717, 1.165) is 41.5 Å².